The number of fused-ring (bicyclic) bond motifs is 11. The molecule has 0 N–H and O–H groups in total. The lowest BCUT2D eigenvalue weighted by atomic mass is 9.54. The van der Waals surface area contributed by atoms with Crippen molar-refractivity contribution in [2.75, 3.05) is 0 Å². The summed E-state index contributed by atoms with van der Waals surface area (Å²) in [5, 5.41) is 0. The second-order valence-corrected chi connectivity index (χ2v) is 11.3. The molecule has 5 aliphatic carbocycles. The van der Waals surface area contributed by atoms with Gasteiger partial charge in [-0.25, -0.2) is 0 Å². The van der Waals surface area contributed by atoms with Crippen LogP contribution in [-0.4, -0.2) is 18.3 Å². The average Bonchev–Trinajstić information content (AvgIpc) is 3.31. The topological polar surface area (TPSA) is 18.5 Å². The van der Waals surface area contributed by atoms with E-state index in [0.717, 1.165) is 47.3 Å². The molecule has 0 spiro atoms. The number of allylic oxidation sites excluding steroid dienone is 2. The Balaban J connectivity index is 1.25. The molecule has 152 valence electrons. The molecule has 0 bridgehead atoms. The molecule has 28 heavy (non-hydrogen) atoms. The first-order valence-corrected chi connectivity index (χ1v) is 12.6. The smallest absolute Gasteiger partial charge is 0.122 e. The molecule has 6 fully saturated rings. The van der Waals surface area contributed by atoms with Crippen molar-refractivity contribution >= 4 is 0 Å². The zero-order valence-corrected chi connectivity index (χ0v) is 17.2. The molecule has 0 amide bonds. The molecule has 7 aliphatic rings. The lowest BCUT2D eigenvalue weighted by Crippen LogP contribution is -2.51. The molecule has 2 heteroatoms. The summed E-state index contributed by atoms with van der Waals surface area (Å²) in [6.45, 7) is 0. The van der Waals surface area contributed by atoms with Crippen LogP contribution in [0.15, 0.2) is 24.0 Å². The van der Waals surface area contributed by atoms with E-state index in [9.17, 15) is 0 Å². The van der Waals surface area contributed by atoms with E-state index in [-0.39, 0.29) is 0 Å². The molecule has 0 radical (unpaired) electrons. The van der Waals surface area contributed by atoms with Crippen LogP contribution in [0, 0.1) is 47.3 Å². The van der Waals surface area contributed by atoms with Crippen molar-refractivity contribution < 1.29 is 9.47 Å². The van der Waals surface area contributed by atoms with Gasteiger partial charge in [0.25, 0.3) is 0 Å². The van der Waals surface area contributed by atoms with Crippen LogP contribution in [0.25, 0.3) is 0 Å². The summed E-state index contributed by atoms with van der Waals surface area (Å²) in [7, 11) is 0. The van der Waals surface area contributed by atoms with Crippen molar-refractivity contribution in [2.24, 2.45) is 47.3 Å². The van der Waals surface area contributed by atoms with Crippen LogP contribution in [0.4, 0.5) is 0 Å². The lowest BCUT2D eigenvalue weighted by Gasteiger charge is -2.53. The molecule has 2 aliphatic heterocycles. The Morgan fingerprint density at radius 2 is 1.57 bits per heavy atom. The maximum Gasteiger partial charge on any atom is 0.122 e. The van der Waals surface area contributed by atoms with Crippen LogP contribution in [0.1, 0.15) is 70.6 Å². The molecular weight excluding hydrogens is 344 g/mol. The van der Waals surface area contributed by atoms with Crippen LogP contribution >= 0.6 is 0 Å². The fraction of sp³-hybridized carbons (Fsp3) is 0.846. The summed E-state index contributed by atoms with van der Waals surface area (Å²) >= 11 is 0. The van der Waals surface area contributed by atoms with Crippen molar-refractivity contribution in [1.82, 2.24) is 0 Å². The van der Waals surface area contributed by atoms with E-state index in [1.807, 2.05) is 6.26 Å². The van der Waals surface area contributed by atoms with Gasteiger partial charge in [-0.1, -0.05) is 38.2 Å². The average molecular weight is 381 g/mol. The summed E-state index contributed by atoms with van der Waals surface area (Å²) in [6, 6.07) is 0. The highest BCUT2D eigenvalue weighted by molar-refractivity contribution is 5.30. The highest BCUT2D eigenvalue weighted by Gasteiger charge is 2.61. The van der Waals surface area contributed by atoms with Crippen LogP contribution in [0.5, 0.6) is 0 Å². The second-order valence-electron chi connectivity index (χ2n) is 11.3. The van der Waals surface area contributed by atoms with Gasteiger partial charge in [-0.3, -0.25) is 0 Å². The van der Waals surface area contributed by atoms with Gasteiger partial charge in [-0.15, -0.1) is 0 Å². The third-order valence-electron chi connectivity index (χ3n) is 10.4. The monoisotopic (exact) mass is 380 g/mol. The van der Waals surface area contributed by atoms with Gasteiger partial charge >= 0.3 is 0 Å². The molecule has 5 saturated carbocycles. The summed E-state index contributed by atoms with van der Waals surface area (Å²) in [5.41, 5.74) is 1.70. The fourth-order valence-corrected chi connectivity index (χ4v) is 9.59. The first-order valence-electron chi connectivity index (χ1n) is 12.6. The summed E-state index contributed by atoms with van der Waals surface area (Å²) < 4.78 is 13.2. The standard InChI is InChI=1S/C26H36O2/c1-2-7-16-15(6-1)12-20-18-9-5-11-27-26(18)22-13-19-17-8-3-4-10-23(17)28-24(19)14-21(22)25(16)20/h5,9,11,15-17,19-26H,1-4,6-8,10,12-14H2. The predicted molar refractivity (Wildman–Crippen MR) is 109 cm³/mol. The Bertz CT molecular complexity index is 695. The molecule has 11 unspecified atom stereocenters. The van der Waals surface area contributed by atoms with Crippen molar-refractivity contribution in [2.45, 2.75) is 88.9 Å². The molecule has 0 aromatic heterocycles. The highest BCUT2D eigenvalue weighted by atomic mass is 16.5. The Labute approximate surface area is 170 Å². The first kappa shape index (κ1) is 17.0. The van der Waals surface area contributed by atoms with Gasteiger partial charge in [0.15, 0.2) is 0 Å². The van der Waals surface area contributed by atoms with E-state index in [2.05, 4.69) is 12.2 Å². The first-order chi connectivity index (χ1) is 13.9. The minimum absolute atomic E-state index is 0.389. The van der Waals surface area contributed by atoms with Gasteiger partial charge in [-0.2, -0.15) is 0 Å². The van der Waals surface area contributed by atoms with E-state index >= 15 is 0 Å². The minimum Gasteiger partial charge on any atom is -0.493 e. The van der Waals surface area contributed by atoms with E-state index in [4.69, 9.17) is 9.47 Å². The Morgan fingerprint density at radius 1 is 0.714 bits per heavy atom. The maximum absolute atomic E-state index is 6.77. The third-order valence-corrected chi connectivity index (χ3v) is 10.4. The van der Waals surface area contributed by atoms with E-state index < -0.39 is 0 Å². The zero-order valence-electron chi connectivity index (χ0n) is 17.2. The zero-order chi connectivity index (χ0) is 18.2. The van der Waals surface area contributed by atoms with E-state index in [1.54, 1.807) is 5.57 Å². The van der Waals surface area contributed by atoms with Crippen LogP contribution in [0.2, 0.25) is 0 Å². The summed E-state index contributed by atoms with van der Waals surface area (Å²) in [6.07, 6.45) is 23.9. The molecule has 1 saturated heterocycles. The van der Waals surface area contributed by atoms with E-state index in [0.29, 0.717) is 18.3 Å². The molecule has 2 heterocycles. The van der Waals surface area contributed by atoms with Gasteiger partial charge in [0, 0.05) is 5.92 Å². The van der Waals surface area contributed by atoms with Crippen molar-refractivity contribution in [3.05, 3.63) is 24.0 Å². The minimum atomic E-state index is 0.389. The number of rotatable bonds is 0. The molecule has 11 atom stereocenters. The quantitative estimate of drug-likeness (QED) is 0.522. The number of ether oxygens (including phenoxy) is 2. The Hall–Kier alpha value is -0.760. The number of hydrogen-bond donors (Lipinski definition) is 0. The Morgan fingerprint density at radius 3 is 2.54 bits per heavy atom. The van der Waals surface area contributed by atoms with Gasteiger partial charge in [-0.05, 0) is 91.6 Å². The van der Waals surface area contributed by atoms with Crippen LogP contribution < -0.4 is 0 Å². The third kappa shape index (κ3) is 2.30. The van der Waals surface area contributed by atoms with Crippen molar-refractivity contribution in [3.63, 3.8) is 0 Å². The fourth-order valence-electron chi connectivity index (χ4n) is 9.59. The van der Waals surface area contributed by atoms with Gasteiger partial charge in [0.1, 0.15) is 6.10 Å². The van der Waals surface area contributed by atoms with Crippen LogP contribution in [-0.2, 0) is 9.47 Å². The molecular formula is C26H36O2. The maximum atomic E-state index is 6.77. The van der Waals surface area contributed by atoms with Gasteiger partial charge < -0.3 is 9.47 Å². The molecule has 0 aromatic carbocycles. The van der Waals surface area contributed by atoms with Crippen molar-refractivity contribution in [1.29, 1.82) is 0 Å². The number of hydrogen-bond acceptors (Lipinski definition) is 2. The Kier molecular flexibility index (Phi) is 3.86. The molecule has 2 nitrogen and oxygen atoms in total. The molecule has 7 rings (SSSR count). The van der Waals surface area contributed by atoms with Crippen molar-refractivity contribution in [3.8, 4) is 0 Å². The SMILES string of the molecule is C1=COC2C(=C1)C1CC3CCCCC3C1C1CC3OC4CCCCC4C3CC21. The molecule has 0 aromatic rings. The lowest BCUT2D eigenvalue weighted by molar-refractivity contribution is -0.0805. The summed E-state index contributed by atoms with van der Waals surface area (Å²) in [4.78, 5) is 0. The van der Waals surface area contributed by atoms with Gasteiger partial charge in [0.2, 0.25) is 0 Å². The van der Waals surface area contributed by atoms with Gasteiger partial charge in [0.05, 0.1) is 18.5 Å². The second kappa shape index (κ2) is 6.37. The predicted octanol–water partition coefficient (Wildman–Crippen LogP) is 5.88. The van der Waals surface area contributed by atoms with E-state index in [1.165, 1.54) is 70.6 Å². The van der Waals surface area contributed by atoms with Crippen LogP contribution in [0.3, 0.4) is 0 Å². The largest absolute Gasteiger partial charge is 0.493 e. The summed E-state index contributed by atoms with van der Waals surface area (Å²) in [5.74, 6) is 7.03. The highest BCUT2D eigenvalue weighted by Crippen LogP contribution is 2.64. The normalized spacial score (nSPS) is 56.3.